The molecule has 0 radical (unpaired) electrons. The molecule has 0 aromatic carbocycles. The second-order valence-electron chi connectivity index (χ2n) is 7.86. The number of nitrogens with zero attached hydrogens (tertiary/aromatic N) is 1. The maximum absolute atomic E-state index is 12.5. The highest BCUT2D eigenvalue weighted by Crippen LogP contribution is 2.20. The molecular weight excluding hydrogens is 372 g/mol. The summed E-state index contributed by atoms with van der Waals surface area (Å²) in [6, 6.07) is -0.733. The van der Waals surface area contributed by atoms with E-state index in [2.05, 4.69) is 27.8 Å². The fourth-order valence-electron chi connectivity index (χ4n) is 3.95. The molecule has 2 atom stereocenters. The monoisotopic (exact) mass is 408 g/mol. The van der Waals surface area contributed by atoms with Gasteiger partial charge in [0.05, 0.1) is 24.1 Å². The Bertz CT molecular complexity index is 620. The van der Waals surface area contributed by atoms with Gasteiger partial charge in [-0.2, -0.15) is 0 Å². The SMILES string of the molecule is CCCCCCNC(=O)C1CCCN(CC2=C(C(=O)OCC)C(C)NC(=O)N2)C1. The molecule has 1 saturated heterocycles. The van der Waals surface area contributed by atoms with Crippen LogP contribution in [0.2, 0.25) is 0 Å². The Morgan fingerprint density at radius 1 is 1.24 bits per heavy atom. The first-order valence-corrected chi connectivity index (χ1v) is 10.9. The maximum atomic E-state index is 12.5. The Morgan fingerprint density at radius 2 is 2.03 bits per heavy atom. The minimum Gasteiger partial charge on any atom is -0.463 e. The number of amides is 3. The van der Waals surface area contributed by atoms with Gasteiger partial charge in [-0.25, -0.2) is 9.59 Å². The number of ether oxygens (including phenoxy) is 1. The lowest BCUT2D eigenvalue weighted by molar-refractivity contribution is -0.139. The molecule has 1 fully saturated rings. The Hall–Kier alpha value is -2.09. The summed E-state index contributed by atoms with van der Waals surface area (Å²) in [5.41, 5.74) is 1.02. The van der Waals surface area contributed by atoms with Gasteiger partial charge in [-0.1, -0.05) is 26.2 Å². The van der Waals surface area contributed by atoms with Gasteiger partial charge in [0.15, 0.2) is 0 Å². The number of likely N-dealkylation sites (tertiary alicyclic amines) is 1. The molecule has 2 heterocycles. The summed E-state index contributed by atoms with van der Waals surface area (Å²) in [5, 5.41) is 8.54. The number of unbranched alkanes of at least 4 members (excludes halogenated alkanes) is 3. The van der Waals surface area contributed by atoms with Crippen molar-refractivity contribution in [3.63, 3.8) is 0 Å². The van der Waals surface area contributed by atoms with Crippen LogP contribution < -0.4 is 16.0 Å². The highest BCUT2D eigenvalue weighted by Gasteiger charge is 2.32. The Morgan fingerprint density at radius 3 is 2.76 bits per heavy atom. The molecular formula is C21H36N4O4. The second kappa shape index (κ2) is 11.8. The van der Waals surface area contributed by atoms with Crippen LogP contribution in [0.5, 0.6) is 0 Å². The minimum absolute atomic E-state index is 0.0589. The van der Waals surface area contributed by atoms with Crippen LogP contribution in [0.25, 0.3) is 0 Å². The summed E-state index contributed by atoms with van der Waals surface area (Å²) in [4.78, 5) is 39.0. The Balaban J connectivity index is 1.96. The fraction of sp³-hybridized carbons (Fsp3) is 0.762. The van der Waals surface area contributed by atoms with Gasteiger partial charge >= 0.3 is 12.0 Å². The van der Waals surface area contributed by atoms with Gasteiger partial charge < -0.3 is 20.7 Å². The Labute approximate surface area is 173 Å². The van der Waals surface area contributed by atoms with Crippen molar-refractivity contribution in [2.24, 2.45) is 5.92 Å². The highest BCUT2D eigenvalue weighted by atomic mass is 16.5. The van der Waals surface area contributed by atoms with Crippen LogP contribution >= 0.6 is 0 Å². The van der Waals surface area contributed by atoms with Gasteiger partial charge in [0.1, 0.15) is 0 Å². The quantitative estimate of drug-likeness (QED) is 0.379. The van der Waals surface area contributed by atoms with Crippen LogP contribution in [0.1, 0.15) is 59.3 Å². The molecule has 8 heteroatoms. The van der Waals surface area contributed by atoms with Crippen LogP contribution in [0, 0.1) is 5.92 Å². The van der Waals surface area contributed by atoms with E-state index in [0.29, 0.717) is 24.4 Å². The number of hydrogen-bond acceptors (Lipinski definition) is 5. The van der Waals surface area contributed by atoms with Crippen molar-refractivity contribution in [1.82, 2.24) is 20.9 Å². The first-order chi connectivity index (χ1) is 14.0. The molecule has 0 aromatic rings. The lowest BCUT2D eigenvalue weighted by Crippen LogP contribution is -2.52. The number of piperidine rings is 1. The van der Waals surface area contributed by atoms with Crippen molar-refractivity contribution in [2.75, 3.05) is 32.8 Å². The number of esters is 1. The molecule has 29 heavy (non-hydrogen) atoms. The van der Waals surface area contributed by atoms with Crippen LogP contribution in [0.15, 0.2) is 11.3 Å². The van der Waals surface area contributed by atoms with E-state index in [1.165, 1.54) is 12.8 Å². The molecule has 3 amide bonds. The van der Waals surface area contributed by atoms with Crippen LogP contribution in [-0.2, 0) is 14.3 Å². The van der Waals surface area contributed by atoms with E-state index in [4.69, 9.17) is 4.74 Å². The zero-order valence-corrected chi connectivity index (χ0v) is 18.0. The van der Waals surface area contributed by atoms with Crippen molar-refractivity contribution in [3.8, 4) is 0 Å². The topological polar surface area (TPSA) is 99.8 Å². The zero-order valence-electron chi connectivity index (χ0n) is 18.0. The van der Waals surface area contributed by atoms with Crippen molar-refractivity contribution >= 4 is 17.9 Å². The summed E-state index contributed by atoms with van der Waals surface area (Å²) in [6.07, 6.45) is 6.32. The first-order valence-electron chi connectivity index (χ1n) is 10.9. The van der Waals surface area contributed by atoms with Crippen LogP contribution in [0.3, 0.4) is 0 Å². The van der Waals surface area contributed by atoms with Gasteiger partial charge in [-0.3, -0.25) is 9.69 Å². The van der Waals surface area contributed by atoms with Crippen molar-refractivity contribution in [1.29, 1.82) is 0 Å². The molecule has 2 aliphatic heterocycles. The summed E-state index contributed by atoms with van der Waals surface area (Å²) in [7, 11) is 0. The molecule has 8 nitrogen and oxygen atoms in total. The molecule has 3 N–H and O–H groups in total. The second-order valence-corrected chi connectivity index (χ2v) is 7.86. The molecule has 0 spiro atoms. The normalized spacial score (nSPS) is 22.7. The number of urea groups is 1. The van der Waals surface area contributed by atoms with E-state index in [0.717, 1.165) is 38.8 Å². The van der Waals surface area contributed by atoms with E-state index in [9.17, 15) is 14.4 Å². The number of carbonyl (C=O) groups is 3. The van der Waals surface area contributed by atoms with E-state index in [-0.39, 0.29) is 24.5 Å². The van der Waals surface area contributed by atoms with E-state index < -0.39 is 12.0 Å². The van der Waals surface area contributed by atoms with Crippen molar-refractivity contribution in [2.45, 2.75) is 65.3 Å². The molecule has 0 bridgehead atoms. The van der Waals surface area contributed by atoms with Gasteiger partial charge in [0.25, 0.3) is 0 Å². The van der Waals surface area contributed by atoms with Crippen molar-refractivity contribution < 1.29 is 19.1 Å². The third kappa shape index (κ3) is 7.03. The van der Waals surface area contributed by atoms with E-state index in [1.54, 1.807) is 13.8 Å². The number of carbonyl (C=O) groups excluding carboxylic acids is 3. The molecule has 2 rings (SSSR count). The van der Waals surface area contributed by atoms with Gasteiger partial charge in [0.2, 0.25) is 5.91 Å². The molecule has 2 unspecified atom stereocenters. The summed E-state index contributed by atoms with van der Waals surface area (Å²) in [6.45, 7) is 8.59. The standard InChI is InChI=1S/C21H36N4O4/c1-4-6-7-8-11-22-19(26)16-10-9-12-25(13-16)14-17-18(20(27)29-5-2)15(3)23-21(28)24-17/h15-16H,4-14H2,1-3H3,(H,22,26)(H2,23,24,28). The molecule has 2 aliphatic rings. The first kappa shape index (κ1) is 23.2. The van der Waals surface area contributed by atoms with Gasteiger partial charge in [0, 0.05) is 25.3 Å². The molecule has 0 aliphatic carbocycles. The summed E-state index contributed by atoms with van der Waals surface area (Å²) in [5.74, 6) is -0.370. The predicted octanol–water partition coefficient (Wildman–Crippen LogP) is 1.91. The number of rotatable bonds is 10. The lowest BCUT2D eigenvalue weighted by atomic mass is 9.96. The van der Waals surface area contributed by atoms with Crippen LogP contribution in [-0.4, -0.2) is 61.6 Å². The smallest absolute Gasteiger partial charge is 0.337 e. The molecule has 0 aromatic heterocycles. The average molecular weight is 409 g/mol. The van der Waals surface area contributed by atoms with E-state index in [1.807, 2.05) is 0 Å². The third-order valence-corrected chi connectivity index (χ3v) is 5.45. The number of hydrogen-bond donors (Lipinski definition) is 3. The lowest BCUT2D eigenvalue weighted by Gasteiger charge is -2.35. The third-order valence-electron chi connectivity index (χ3n) is 5.45. The van der Waals surface area contributed by atoms with Gasteiger partial charge in [-0.15, -0.1) is 0 Å². The zero-order chi connectivity index (χ0) is 21.2. The summed E-state index contributed by atoms with van der Waals surface area (Å²) < 4.78 is 5.17. The molecule has 0 saturated carbocycles. The van der Waals surface area contributed by atoms with Gasteiger partial charge in [-0.05, 0) is 39.7 Å². The van der Waals surface area contributed by atoms with Crippen LogP contribution in [0.4, 0.5) is 4.79 Å². The Kier molecular flexibility index (Phi) is 9.44. The maximum Gasteiger partial charge on any atom is 0.337 e. The highest BCUT2D eigenvalue weighted by molar-refractivity contribution is 5.94. The fourth-order valence-corrected chi connectivity index (χ4v) is 3.95. The predicted molar refractivity (Wildman–Crippen MR) is 111 cm³/mol. The molecule has 164 valence electrons. The largest absolute Gasteiger partial charge is 0.463 e. The van der Waals surface area contributed by atoms with Crippen molar-refractivity contribution in [3.05, 3.63) is 11.3 Å². The minimum atomic E-state index is -0.416. The number of nitrogens with one attached hydrogen (secondary N) is 3. The average Bonchev–Trinajstić information content (AvgIpc) is 2.67. The van der Waals surface area contributed by atoms with E-state index >= 15 is 0 Å². The summed E-state index contributed by atoms with van der Waals surface area (Å²) >= 11 is 0.